The first-order valence-corrected chi connectivity index (χ1v) is 6.68. The number of hydrogen-bond acceptors (Lipinski definition) is 3. The minimum atomic E-state index is -0.144. The lowest BCUT2D eigenvalue weighted by molar-refractivity contribution is 0.829. The Bertz CT molecular complexity index is 507. The molecule has 0 aliphatic carbocycles. The van der Waals surface area contributed by atoms with E-state index >= 15 is 0 Å². The summed E-state index contributed by atoms with van der Waals surface area (Å²) in [6, 6.07) is 3.99. The fourth-order valence-electron chi connectivity index (χ4n) is 1.70. The van der Waals surface area contributed by atoms with Gasteiger partial charge in [-0.3, -0.25) is 4.98 Å². The number of halogens is 1. The van der Waals surface area contributed by atoms with E-state index in [1.165, 1.54) is 5.56 Å². The number of hydrogen-bond donors (Lipinski definition) is 1. The third kappa shape index (κ3) is 2.19. The van der Waals surface area contributed by atoms with E-state index in [0.717, 1.165) is 20.6 Å². The van der Waals surface area contributed by atoms with Gasteiger partial charge < -0.3 is 5.73 Å². The van der Waals surface area contributed by atoms with Crippen LogP contribution in [-0.4, -0.2) is 4.98 Å². The van der Waals surface area contributed by atoms with E-state index in [1.54, 1.807) is 11.3 Å². The number of thiophene rings is 1. The maximum atomic E-state index is 6.23. The number of aryl methyl sites for hydroxylation is 2. The van der Waals surface area contributed by atoms with E-state index < -0.39 is 0 Å². The Kier molecular flexibility index (Phi) is 3.42. The van der Waals surface area contributed by atoms with Crippen molar-refractivity contribution >= 4 is 27.3 Å². The van der Waals surface area contributed by atoms with Crippen LogP contribution in [0.3, 0.4) is 0 Å². The molecule has 84 valence electrons. The highest BCUT2D eigenvalue weighted by molar-refractivity contribution is 9.10. The van der Waals surface area contributed by atoms with Crippen LogP contribution < -0.4 is 5.73 Å². The quantitative estimate of drug-likeness (QED) is 0.920. The predicted molar refractivity (Wildman–Crippen MR) is 71.8 cm³/mol. The number of rotatable bonds is 2. The van der Waals surface area contributed by atoms with Crippen LogP contribution in [0.1, 0.15) is 27.7 Å². The lowest BCUT2D eigenvalue weighted by Crippen LogP contribution is -2.14. The summed E-state index contributed by atoms with van der Waals surface area (Å²) in [6.07, 6.45) is 1.86. The van der Waals surface area contributed by atoms with Crippen LogP contribution in [0, 0.1) is 13.8 Å². The summed E-state index contributed by atoms with van der Waals surface area (Å²) in [6.45, 7) is 4.09. The predicted octanol–water partition coefficient (Wildman–Crippen LogP) is 3.57. The van der Waals surface area contributed by atoms with Crippen molar-refractivity contribution < 1.29 is 0 Å². The Labute approximate surface area is 108 Å². The third-order valence-electron chi connectivity index (χ3n) is 2.48. The van der Waals surface area contributed by atoms with Crippen molar-refractivity contribution in [2.45, 2.75) is 19.9 Å². The fourth-order valence-corrected chi connectivity index (χ4v) is 3.33. The second kappa shape index (κ2) is 4.65. The lowest BCUT2D eigenvalue weighted by Gasteiger charge is -2.13. The largest absolute Gasteiger partial charge is 0.318 e. The third-order valence-corrected chi connectivity index (χ3v) is 4.43. The van der Waals surface area contributed by atoms with Crippen LogP contribution in [0.4, 0.5) is 0 Å². The van der Waals surface area contributed by atoms with Crippen molar-refractivity contribution in [3.05, 3.63) is 49.9 Å². The summed E-state index contributed by atoms with van der Waals surface area (Å²) in [4.78, 5) is 5.56. The van der Waals surface area contributed by atoms with E-state index in [4.69, 9.17) is 5.73 Å². The normalized spacial score (nSPS) is 12.8. The summed E-state index contributed by atoms with van der Waals surface area (Å²) in [5.74, 6) is 0. The minimum absolute atomic E-state index is 0.144. The first-order valence-electron chi connectivity index (χ1n) is 5.01. The van der Waals surface area contributed by atoms with Crippen molar-refractivity contribution in [1.29, 1.82) is 0 Å². The van der Waals surface area contributed by atoms with Gasteiger partial charge in [0, 0.05) is 15.5 Å². The van der Waals surface area contributed by atoms with Gasteiger partial charge in [-0.05, 0) is 52.4 Å². The molecule has 0 fully saturated rings. The number of nitrogens with zero attached hydrogens (tertiary/aromatic N) is 1. The minimum Gasteiger partial charge on any atom is -0.318 e. The van der Waals surface area contributed by atoms with Gasteiger partial charge in [0.1, 0.15) is 0 Å². The Balaban J connectivity index is 2.41. The monoisotopic (exact) mass is 296 g/mol. The van der Waals surface area contributed by atoms with Crippen molar-refractivity contribution in [1.82, 2.24) is 4.98 Å². The molecule has 2 rings (SSSR count). The summed E-state index contributed by atoms with van der Waals surface area (Å²) in [5, 5.41) is 2.03. The summed E-state index contributed by atoms with van der Waals surface area (Å²) in [7, 11) is 0. The first-order chi connectivity index (χ1) is 7.59. The van der Waals surface area contributed by atoms with Crippen molar-refractivity contribution in [2.75, 3.05) is 0 Å². The molecule has 4 heteroatoms. The molecule has 0 radical (unpaired) electrons. The standard InChI is InChI=1S/C12H13BrN2S/c1-7-5-8(2)11(15-6-7)10(14)12-9(13)3-4-16-12/h3-6,10H,14H2,1-2H3. The molecule has 16 heavy (non-hydrogen) atoms. The van der Waals surface area contributed by atoms with Gasteiger partial charge in [0.15, 0.2) is 0 Å². The van der Waals surface area contributed by atoms with Gasteiger partial charge in [-0.25, -0.2) is 0 Å². The molecule has 0 aliphatic rings. The van der Waals surface area contributed by atoms with Gasteiger partial charge in [0.2, 0.25) is 0 Å². The fraction of sp³-hybridized carbons (Fsp3) is 0.250. The van der Waals surface area contributed by atoms with Crippen molar-refractivity contribution in [3.8, 4) is 0 Å². The summed E-state index contributed by atoms with van der Waals surface area (Å²) >= 11 is 5.16. The number of nitrogens with two attached hydrogens (primary N) is 1. The van der Waals surface area contributed by atoms with E-state index in [9.17, 15) is 0 Å². The molecule has 0 aromatic carbocycles. The molecule has 1 unspecified atom stereocenters. The average molecular weight is 297 g/mol. The average Bonchev–Trinajstić information content (AvgIpc) is 2.63. The maximum Gasteiger partial charge on any atom is 0.0834 e. The molecule has 2 N–H and O–H groups in total. The zero-order chi connectivity index (χ0) is 11.7. The van der Waals surface area contributed by atoms with Crippen LogP contribution in [0.15, 0.2) is 28.2 Å². The highest BCUT2D eigenvalue weighted by Crippen LogP contribution is 2.31. The molecule has 0 saturated heterocycles. The number of aromatic nitrogens is 1. The van der Waals surface area contributed by atoms with Crippen LogP contribution in [0.25, 0.3) is 0 Å². The Hall–Kier alpha value is -0.710. The molecule has 2 aromatic heterocycles. The summed E-state index contributed by atoms with van der Waals surface area (Å²) < 4.78 is 1.06. The maximum absolute atomic E-state index is 6.23. The van der Waals surface area contributed by atoms with Crippen LogP contribution in [-0.2, 0) is 0 Å². The van der Waals surface area contributed by atoms with Crippen molar-refractivity contribution in [2.24, 2.45) is 5.73 Å². The van der Waals surface area contributed by atoms with E-state index in [-0.39, 0.29) is 6.04 Å². The second-order valence-corrected chi connectivity index (χ2v) is 5.63. The molecule has 0 amide bonds. The SMILES string of the molecule is Cc1cnc(C(N)c2sccc2Br)c(C)c1. The smallest absolute Gasteiger partial charge is 0.0834 e. The molecular formula is C12H13BrN2S. The Morgan fingerprint density at radius 1 is 1.44 bits per heavy atom. The van der Waals surface area contributed by atoms with Gasteiger partial charge in [-0.2, -0.15) is 0 Å². The lowest BCUT2D eigenvalue weighted by atomic mass is 10.1. The zero-order valence-corrected chi connectivity index (χ0v) is 11.6. The van der Waals surface area contributed by atoms with Crippen LogP contribution in [0.2, 0.25) is 0 Å². The molecule has 0 spiro atoms. The van der Waals surface area contributed by atoms with Gasteiger partial charge in [-0.15, -0.1) is 11.3 Å². The van der Waals surface area contributed by atoms with Gasteiger partial charge in [0.05, 0.1) is 11.7 Å². The van der Waals surface area contributed by atoms with Crippen molar-refractivity contribution in [3.63, 3.8) is 0 Å². The molecule has 2 nitrogen and oxygen atoms in total. The van der Waals surface area contributed by atoms with E-state index in [1.807, 2.05) is 24.6 Å². The van der Waals surface area contributed by atoms with Crippen LogP contribution >= 0.6 is 27.3 Å². The van der Waals surface area contributed by atoms with Gasteiger partial charge >= 0.3 is 0 Å². The topological polar surface area (TPSA) is 38.9 Å². The Morgan fingerprint density at radius 3 is 2.75 bits per heavy atom. The van der Waals surface area contributed by atoms with Gasteiger partial charge in [0.25, 0.3) is 0 Å². The molecule has 1 atom stereocenters. The van der Waals surface area contributed by atoms with Crippen LogP contribution in [0.5, 0.6) is 0 Å². The highest BCUT2D eigenvalue weighted by Gasteiger charge is 2.16. The van der Waals surface area contributed by atoms with Gasteiger partial charge in [-0.1, -0.05) is 6.07 Å². The van der Waals surface area contributed by atoms with E-state index in [0.29, 0.717) is 0 Å². The molecule has 0 bridgehead atoms. The zero-order valence-electron chi connectivity index (χ0n) is 9.20. The highest BCUT2D eigenvalue weighted by atomic mass is 79.9. The first kappa shape index (κ1) is 11.8. The van der Waals surface area contributed by atoms with E-state index in [2.05, 4.69) is 33.9 Å². The molecule has 2 heterocycles. The molecule has 0 saturated carbocycles. The molecule has 2 aromatic rings. The summed E-state index contributed by atoms with van der Waals surface area (Å²) in [5.41, 5.74) is 9.49. The molecule has 0 aliphatic heterocycles. The second-order valence-electron chi connectivity index (χ2n) is 3.83. The Morgan fingerprint density at radius 2 is 2.19 bits per heavy atom. The molecular weight excluding hydrogens is 284 g/mol. The number of pyridine rings is 1.